The van der Waals surface area contributed by atoms with Gasteiger partial charge >= 0.3 is 0 Å². The Kier molecular flexibility index (Phi) is 4.49. The minimum atomic E-state index is -0.375. The molecule has 2 N–H and O–H groups in total. The van der Waals surface area contributed by atoms with Gasteiger partial charge in [-0.2, -0.15) is 0 Å². The summed E-state index contributed by atoms with van der Waals surface area (Å²) in [6.45, 7) is 3.05. The van der Waals surface area contributed by atoms with Gasteiger partial charge in [-0.1, -0.05) is 5.21 Å². The number of carbonyl (C=O) groups excluding carboxylic acids is 1. The van der Waals surface area contributed by atoms with Crippen molar-refractivity contribution in [1.29, 1.82) is 0 Å². The highest BCUT2D eigenvalue weighted by Gasteiger charge is 2.26. The molecule has 0 bridgehead atoms. The molecule has 19 heavy (non-hydrogen) atoms. The normalized spacial score (nSPS) is 19.2. The third kappa shape index (κ3) is 3.51. The van der Waals surface area contributed by atoms with Crippen molar-refractivity contribution in [3.63, 3.8) is 0 Å². The second-order valence-electron chi connectivity index (χ2n) is 5.15. The molecule has 106 valence electrons. The van der Waals surface area contributed by atoms with Gasteiger partial charge in [0, 0.05) is 19.1 Å². The number of hydrogen-bond acceptors (Lipinski definition) is 5. The molecule has 1 aromatic heterocycles. The molecular formula is C12H21N5O2. The predicted molar refractivity (Wildman–Crippen MR) is 69.7 cm³/mol. The summed E-state index contributed by atoms with van der Waals surface area (Å²) in [6, 6.07) is 0. The lowest BCUT2D eigenvalue weighted by atomic mass is 10.0. The molecule has 0 saturated carbocycles. The molecule has 1 aliphatic rings. The molecule has 7 nitrogen and oxygen atoms in total. The number of nitrogens with two attached hydrogens (primary N) is 1. The van der Waals surface area contributed by atoms with E-state index in [0.717, 1.165) is 31.8 Å². The summed E-state index contributed by atoms with van der Waals surface area (Å²) >= 11 is 0. The number of primary amides is 1. The van der Waals surface area contributed by atoms with Gasteiger partial charge in [0.2, 0.25) is 5.91 Å². The fraction of sp³-hybridized carbons (Fsp3) is 0.750. The van der Waals surface area contributed by atoms with Crippen molar-refractivity contribution in [2.24, 2.45) is 5.73 Å². The second kappa shape index (κ2) is 6.12. The zero-order chi connectivity index (χ0) is 13.8. The molecule has 2 rings (SSSR count). The van der Waals surface area contributed by atoms with Crippen LogP contribution in [0.3, 0.4) is 0 Å². The highest BCUT2D eigenvalue weighted by atomic mass is 16.5. The number of nitrogens with zero attached hydrogens (tertiary/aromatic N) is 4. The molecule has 1 unspecified atom stereocenters. The summed E-state index contributed by atoms with van der Waals surface area (Å²) in [7, 11) is 4.03. The third-order valence-corrected chi connectivity index (χ3v) is 3.26. The number of hydrogen-bond donors (Lipinski definition) is 1. The number of amides is 1. The molecule has 0 radical (unpaired) electrons. The summed E-state index contributed by atoms with van der Waals surface area (Å²) < 4.78 is 7.31. The van der Waals surface area contributed by atoms with Crippen LogP contribution in [-0.4, -0.2) is 59.7 Å². The number of rotatable bonds is 6. The first kappa shape index (κ1) is 14.0. The largest absolute Gasteiger partial charge is 0.381 e. The van der Waals surface area contributed by atoms with Crippen LogP contribution in [0.25, 0.3) is 0 Å². The van der Waals surface area contributed by atoms with Crippen LogP contribution in [-0.2, 0) is 22.5 Å². The quantitative estimate of drug-likeness (QED) is 0.741. The Morgan fingerprint density at radius 3 is 2.95 bits per heavy atom. The Hall–Kier alpha value is -1.47. The minimum Gasteiger partial charge on any atom is -0.381 e. The van der Waals surface area contributed by atoms with E-state index in [1.165, 1.54) is 0 Å². The number of likely N-dealkylation sites (N-methyl/N-ethyl adjacent to an activating group) is 1. The van der Waals surface area contributed by atoms with Gasteiger partial charge in [-0.25, -0.2) is 4.68 Å². The maximum atomic E-state index is 11.1. The zero-order valence-electron chi connectivity index (χ0n) is 11.5. The molecule has 0 spiro atoms. The Morgan fingerprint density at radius 1 is 1.58 bits per heavy atom. The van der Waals surface area contributed by atoms with E-state index in [1.54, 1.807) is 0 Å². The van der Waals surface area contributed by atoms with Crippen LogP contribution in [0, 0.1) is 0 Å². The van der Waals surface area contributed by atoms with Crippen LogP contribution >= 0.6 is 0 Å². The molecule has 0 aliphatic carbocycles. The highest BCUT2D eigenvalue weighted by Crippen LogP contribution is 2.27. The summed E-state index contributed by atoms with van der Waals surface area (Å²) in [5.74, 6) is -0.105. The van der Waals surface area contributed by atoms with Crippen LogP contribution in [0.4, 0.5) is 0 Å². The molecule has 2 heterocycles. The summed E-state index contributed by atoms with van der Waals surface area (Å²) in [5, 5.41) is 8.28. The monoisotopic (exact) mass is 267 g/mol. The molecule has 1 fully saturated rings. The molecule has 7 heteroatoms. The smallest absolute Gasteiger partial charge is 0.223 e. The van der Waals surface area contributed by atoms with Crippen LogP contribution < -0.4 is 5.73 Å². The van der Waals surface area contributed by atoms with Gasteiger partial charge in [0.1, 0.15) is 0 Å². The van der Waals surface area contributed by atoms with Gasteiger partial charge in [-0.15, -0.1) is 5.10 Å². The van der Waals surface area contributed by atoms with Gasteiger partial charge in [0.25, 0.3) is 0 Å². The highest BCUT2D eigenvalue weighted by molar-refractivity contribution is 5.76. The van der Waals surface area contributed by atoms with Crippen LogP contribution in [0.1, 0.15) is 23.7 Å². The molecule has 1 amide bonds. The molecule has 1 aromatic rings. The van der Waals surface area contributed by atoms with Crippen molar-refractivity contribution < 1.29 is 9.53 Å². The summed E-state index contributed by atoms with van der Waals surface area (Å²) in [4.78, 5) is 13.2. The van der Waals surface area contributed by atoms with E-state index in [2.05, 4.69) is 15.2 Å². The van der Waals surface area contributed by atoms with E-state index in [-0.39, 0.29) is 18.2 Å². The third-order valence-electron chi connectivity index (χ3n) is 3.26. The van der Waals surface area contributed by atoms with Crippen molar-refractivity contribution in [1.82, 2.24) is 19.9 Å². The van der Waals surface area contributed by atoms with Gasteiger partial charge < -0.3 is 15.4 Å². The van der Waals surface area contributed by atoms with E-state index in [9.17, 15) is 4.79 Å². The maximum absolute atomic E-state index is 11.1. The van der Waals surface area contributed by atoms with Crippen molar-refractivity contribution >= 4 is 5.91 Å². The van der Waals surface area contributed by atoms with Crippen molar-refractivity contribution in [3.05, 3.63) is 11.4 Å². The Labute approximate surface area is 112 Å². The average Bonchev–Trinajstić information content (AvgIpc) is 2.94. The molecule has 1 aliphatic heterocycles. The van der Waals surface area contributed by atoms with Gasteiger partial charge in [0.15, 0.2) is 0 Å². The second-order valence-corrected chi connectivity index (χ2v) is 5.15. The number of ether oxygens (including phenoxy) is 1. The minimum absolute atomic E-state index is 0.147. The number of carbonyl (C=O) groups is 1. The fourth-order valence-corrected chi connectivity index (χ4v) is 2.30. The number of aromatic nitrogens is 3. The molecular weight excluding hydrogens is 246 g/mol. The van der Waals surface area contributed by atoms with Crippen LogP contribution in [0.2, 0.25) is 0 Å². The van der Waals surface area contributed by atoms with Crippen LogP contribution in [0.5, 0.6) is 0 Å². The van der Waals surface area contributed by atoms with Gasteiger partial charge in [-0.3, -0.25) is 4.79 Å². The lowest BCUT2D eigenvalue weighted by Gasteiger charge is -2.14. The molecule has 1 saturated heterocycles. The van der Waals surface area contributed by atoms with Crippen LogP contribution in [0.15, 0.2) is 0 Å². The predicted octanol–water partition coefficient (Wildman–Crippen LogP) is -0.629. The van der Waals surface area contributed by atoms with E-state index < -0.39 is 0 Å². The van der Waals surface area contributed by atoms with E-state index in [0.29, 0.717) is 12.3 Å². The zero-order valence-corrected chi connectivity index (χ0v) is 11.5. The Balaban J connectivity index is 2.21. The standard InChI is InChI=1S/C12H21N5O2/c1-16(2)4-5-17-12(9-3-6-19-8-9)10(14-15-17)7-11(13)18/h9H,3-8H2,1-2H3,(H2,13,18). The lowest BCUT2D eigenvalue weighted by molar-refractivity contribution is -0.117. The van der Waals surface area contributed by atoms with E-state index in [1.807, 2.05) is 18.8 Å². The maximum Gasteiger partial charge on any atom is 0.223 e. The fourth-order valence-electron chi connectivity index (χ4n) is 2.30. The van der Waals surface area contributed by atoms with Crippen molar-refractivity contribution in [2.75, 3.05) is 33.9 Å². The van der Waals surface area contributed by atoms with E-state index in [4.69, 9.17) is 10.5 Å². The Bertz CT molecular complexity index is 437. The Morgan fingerprint density at radius 2 is 2.37 bits per heavy atom. The van der Waals surface area contributed by atoms with E-state index >= 15 is 0 Å². The SMILES string of the molecule is CN(C)CCn1nnc(CC(N)=O)c1C1CCOC1. The van der Waals surface area contributed by atoms with Gasteiger partial charge in [-0.05, 0) is 20.5 Å². The first-order valence-electron chi connectivity index (χ1n) is 6.51. The summed E-state index contributed by atoms with van der Waals surface area (Å²) in [6.07, 6.45) is 1.09. The first-order chi connectivity index (χ1) is 9.08. The van der Waals surface area contributed by atoms with Gasteiger partial charge in [0.05, 0.1) is 31.0 Å². The van der Waals surface area contributed by atoms with Crippen molar-refractivity contribution in [2.45, 2.75) is 25.3 Å². The molecule has 1 atom stereocenters. The first-order valence-corrected chi connectivity index (χ1v) is 6.51. The topological polar surface area (TPSA) is 86.3 Å². The molecule has 0 aromatic carbocycles. The summed E-state index contributed by atoms with van der Waals surface area (Å²) in [5.41, 5.74) is 6.98. The lowest BCUT2D eigenvalue weighted by Crippen LogP contribution is -2.22. The van der Waals surface area contributed by atoms with Crippen molar-refractivity contribution in [3.8, 4) is 0 Å². The average molecular weight is 267 g/mol.